The van der Waals surface area contributed by atoms with Crippen LogP contribution >= 0.6 is 12.2 Å². The minimum atomic E-state index is 0.501. The van der Waals surface area contributed by atoms with Gasteiger partial charge in [-0.25, -0.2) is 0 Å². The van der Waals surface area contributed by atoms with E-state index in [2.05, 4.69) is 137 Å². The molecule has 41 heavy (non-hydrogen) atoms. The van der Waals surface area contributed by atoms with Crippen LogP contribution in [0.2, 0.25) is 0 Å². The molecular formula is C37H22N2OS. The van der Waals surface area contributed by atoms with Crippen LogP contribution in [0.15, 0.2) is 138 Å². The summed E-state index contributed by atoms with van der Waals surface area (Å²) in [6.45, 7) is 0. The summed E-state index contributed by atoms with van der Waals surface area (Å²) in [7, 11) is 0. The van der Waals surface area contributed by atoms with E-state index in [1.807, 2.05) is 6.07 Å². The van der Waals surface area contributed by atoms with Crippen molar-refractivity contribution in [1.29, 1.82) is 0 Å². The second kappa shape index (κ2) is 8.40. The standard InChI is InChI=1S/C37H22N2OS/c41-37-31-21-34-28(25-15-7-9-17-32(25)38(34)23-11-3-1-4-12-23)19-27(31)30-20-29-26-16-8-10-18-33(26)39(24-13-5-2-6-14-24)35(29)22-36(30)40-37/h1-22H. The van der Waals surface area contributed by atoms with Gasteiger partial charge in [0, 0.05) is 49.8 Å². The Hall–Kier alpha value is -5.19. The molecule has 0 radical (unpaired) electrons. The lowest BCUT2D eigenvalue weighted by molar-refractivity contribution is 0.595. The van der Waals surface area contributed by atoms with Crippen molar-refractivity contribution in [2.24, 2.45) is 0 Å². The van der Waals surface area contributed by atoms with Crippen LogP contribution in [-0.4, -0.2) is 9.13 Å². The minimum absolute atomic E-state index is 0.501. The van der Waals surface area contributed by atoms with Crippen LogP contribution in [0.4, 0.5) is 0 Å². The molecule has 0 fully saturated rings. The topological polar surface area (TPSA) is 23.0 Å². The van der Waals surface area contributed by atoms with Crippen molar-refractivity contribution >= 4 is 77.6 Å². The molecule has 192 valence electrons. The Morgan fingerprint density at radius 2 is 0.878 bits per heavy atom. The van der Waals surface area contributed by atoms with E-state index < -0.39 is 0 Å². The van der Waals surface area contributed by atoms with Crippen molar-refractivity contribution in [2.45, 2.75) is 0 Å². The van der Waals surface area contributed by atoms with Gasteiger partial charge in [-0.05, 0) is 72.2 Å². The maximum Gasteiger partial charge on any atom is 0.198 e. The Labute approximate surface area is 240 Å². The summed E-state index contributed by atoms with van der Waals surface area (Å²) in [5, 5.41) is 7.95. The van der Waals surface area contributed by atoms with E-state index in [1.54, 1.807) is 0 Å². The van der Waals surface area contributed by atoms with Gasteiger partial charge in [0.15, 0.2) is 4.71 Å². The van der Waals surface area contributed by atoms with Crippen molar-refractivity contribution in [3.63, 3.8) is 0 Å². The largest absolute Gasteiger partial charge is 0.444 e. The fourth-order valence-electron chi connectivity index (χ4n) is 6.56. The molecule has 0 saturated carbocycles. The number of nitrogens with zero attached hydrogens (tertiary/aromatic N) is 2. The molecule has 9 rings (SSSR count). The molecule has 0 atom stereocenters. The second-order valence-corrected chi connectivity index (χ2v) is 10.9. The van der Waals surface area contributed by atoms with Crippen molar-refractivity contribution < 1.29 is 4.42 Å². The maximum atomic E-state index is 6.43. The lowest BCUT2D eigenvalue weighted by atomic mass is 10.0. The molecule has 4 heteroatoms. The van der Waals surface area contributed by atoms with Crippen LogP contribution in [0.25, 0.3) is 76.7 Å². The Morgan fingerprint density at radius 3 is 1.46 bits per heavy atom. The number of benzene rings is 6. The van der Waals surface area contributed by atoms with Gasteiger partial charge in [-0.3, -0.25) is 0 Å². The molecule has 0 aliphatic carbocycles. The van der Waals surface area contributed by atoms with Crippen LogP contribution < -0.4 is 0 Å². The third kappa shape index (κ3) is 3.17. The molecule has 0 aliphatic heterocycles. The molecule has 0 N–H and O–H groups in total. The average Bonchev–Trinajstić information content (AvgIpc) is 3.52. The van der Waals surface area contributed by atoms with E-state index in [4.69, 9.17) is 16.6 Å². The number of aromatic nitrogens is 2. The van der Waals surface area contributed by atoms with Gasteiger partial charge in [0.2, 0.25) is 0 Å². The van der Waals surface area contributed by atoms with Crippen molar-refractivity contribution in [3.8, 4) is 11.4 Å². The average molecular weight is 543 g/mol. The van der Waals surface area contributed by atoms with Gasteiger partial charge in [0.05, 0.1) is 22.1 Å². The molecular weight excluding hydrogens is 520 g/mol. The van der Waals surface area contributed by atoms with E-state index in [0.29, 0.717) is 4.71 Å². The number of hydrogen-bond acceptors (Lipinski definition) is 2. The van der Waals surface area contributed by atoms with Gasteiger partial charge in [0.25, 0.3) is 0 Å². The minimum Gasteiger partial charge on any atom is -0.444 e. The summed E-state index contributed by atoms with van der Waals surface area (Å²) in [4.78, 5) is 0. The molecule has 3 nitrogen and oxygen atoms in total. The summed E-state index contributed by atoms with van der Waals surface area (Å²) in [6, 6.07) is 47.2. The fraction of sp³-hybridized carbons (Fsp3) is 0. The molecule has 9 aromatic rings. The zero-order chi connectivity index (χ0) is 27.1. The quantitative estimate of drug-likeness (QED) is 0.160. The predicted molar refractivity (Wildman–Crippen MR) is 173 cm³/mol. The molecule has 6 aromatic carbocycles. The summed E-state index contributed by atoms with van der Waals surface area (Å²) in [5.41, 5.74) is 7.59. The monoisotopic (exact) mass is 542 g/mol. The van der Waals surface area contributed by atoms with Crippen LogP contribution in [0.3, 0.4) is 0 Å². The lowest BCUT2D eigenvalue weighted by Crippen LogP contribution is -1.93. The highest BCUT2D eigenvalue weighted by Crippen LogP contribution is 2.40. The van der Waals surface area contributed by atoms with Crippen LogP contribution in [0, 0.1) is 4.71 Å². The highest BCUT2D eigenvalue weighted by atomic mass is 32.1. The molecule has 3 aromatic heterocycles. The van der Waals surface area contributed by atoms with Crippen LogP contribution in [0.1, 0.15) is 0 Å². The Morgan fingerprint density at radius 1 is 0.390 bits per heavy atom. The van der Waals surface area contributed by atoms with Gasteiger partial charge in [-0.15, -0.1) is 0 Å². The highest BCUT2D eigenvalue weighted by Gasteiger charge is 2.18. The molecule has 0 aliphatic rings. The van der Waals surface area contributed by atoms with Gasteiger partial charge >= 0.3 is 0 Å². The number of hydrogen-bond donors (Lipinski definition) is 0. The Kier molecular flexibility index (Phi) is 4.63. The van der Waals surface area contributed by atoms with E-state index in [-0.39, 0.29) is 0 Å². The zero-order valence-corrected chi connectivity index (χ0v) is 22.7. The van der Waals surface area contributed by atoms with Gasteiger partial charge in [-0.1, -0.05) is 72.8 Å². The normalized spacial score (nSPS) is 12.0. The zero-order valence-electron chi connectivity index (χ0n) is 21.9. The van der Waals surface area contributed by atoms with Crippen LogP contribution in [0.5, 0.6) is 0 Å². The highest BCUT2D eigenvalue weighted by molar-refractivity contribution is 7.71. The molecule has 0 unspecified atom stereocenters. The third-order valence-electron chi connectivity index (χ3n) is 8.33. The fourth-order valence-corrected chi connectivity index (χ4v) is 6.82. The number of para-hydroxylation sites is 4. The van der Waals surface area contributed by atoms with Crippen molar-refractivity contribution in [2.75, 3.05) is 0 Å². The molecule has 0 bridgehead atoms. The van der Waals surface area contributed by atoms with E-state index in [1.165, 1.54) is 32.6 Å². The molecule has 0 amide bonds. The second-order valence-electron chi connectivity index (χ2n) is 10.5. The summed E-state index contributed by atoms with van der Waals surface area (Å²) in [6.07, 6.45) is 0. The predicted octanol–water partition coefficient (Wildman–Crippen LogP) is 10.5. The first kappa shape index (κ1) is 22.6. The third-order valence-corrected chi connectivity index (χ3v) is 8.63. The Balaban J connectivity index is 1.44. The first-order chi connectivity index (χ1) is 20.3. The smallest absolute Gasteiger partial charge is 0.198 e. The molecule has 0 saturated heterocycles. The van der Waals surface area contributed by atoms with Gasteiger partial charge in [-0.2, -0.15) is 0 Å². The van der Waals surface area contributed by atoms with E-state index in [9.17, 15) is 0 Å². The summed E-state index contributed by atoms with van der Waals surface area (Å²) in [5.74, 6) is 0. The summed E-state index contributed by atoms with van der Waals surface area (Å²) < 4.78 is 11.6. The first-order valence-corrected chi connectivity index (χ1v) is 14.1. The van der Waals surface area contributed by atoms with E-state index >= 15 is 0 Å². The maximum absolute atomic E-state index is 6.43. The lowest BCUT2D eigenvalue weighted by Gasteiger charge is -2.10. The van der Waals surface area contributed by atoms with Gasteiger partial charge in [0.1, 0.15) is 5.58 Å². The van der Waals surface area contributed by atoms with E-state index in [0.717, 1.165) is 44.1 Å². The number of rotatable bonds is 2. The van der Waals surface area contributed by atoms with Gasteiger partial charge < -0.3 is 13.6 Å². The molecule has 0 spiro atoms. The van der Waals surface area contributed by atoms with Crippen molar-refractivity contribution in [3.05, 3.63) is 138 Å². The van der Waals surface area contributed by atoms with Crippen LogP contribution in [-0.2, 0) is 0 Å². The Bertz CT molecular complexity index is 2540. The van der Waals surface area contributed by atoms with Crippen molar-refractivity contribution in [1.82, 2.24) is 9.13 Å². The SMILES string of the molecule is S=c1oc2cc3c(cc2c2cc4c5ccccc5n(-c5ccccc5)c4cc12)c1ccccc1n3-c1ccccc1. The first-order valence-electron chi connectivity index (χ1n) is 13.7. The number of fused-ring (bicyclic) bond motifs is 9. The summed E-state index contributed by atoms with van der Waals surface area (Å²) >= 11 is 5.92. The molecule has 3 heterocycles.